The Kier molecular flexibility index (Phi) is 3.91. The zero-order valence-corrected chi connectivity index (χ0v) is 11.0. The molecule has 0 radical (unpaired) electrons. The molecule has 0 saturated heterocycles. The number of rotatable bonds is 3. The molecule has 1 aromatic carbocycles. The first-order chi connectivity index (χ1) is 9.11. The van der Waals surface area contributed by atoms with Gasteiger partial charge in [-0.05, 0) is 34.1 Å². The van der Waals surface area contributed by atoms with Crippen molar-refractivity contribution in [1.82, 2.24) is 9.97 Å². The zero-order valence-electron chi connectivity index (χ0n) is 9.42. The van der Waals surface area contributed by atoms with Gasteiger partial charge in [0.25, 0.3) is 0 Å². The van der Waals surface area contributed by atoms with Crippen LogP contribution in [-0.4, -0.2) is 21.0 Å². The lowest BCUT2D eigenvalue weighted by molar-refractivity contribution is 0.318. The third-order valence-corrected chi connectivity index (χ3v) is 2.73. The minimum absolute atomic E-state index is 0.0521. The number of amidine groups is 1. The molecule has 8 heteroatoms. The molecular formula is C11H8BrFN4O2. The van der Waals surface area contributed by atoms with E-state index in [1.165, 1.54) is 30.6 Å². The van der Waals surface area contributed by atoms with Crippen molar-refractivity contribution in [3.63, 3.8) is 0 Å². The van der Waals surface area contributed by atoms with Crippen LogP contribution in [0.2, 0.25) is 0 Å². The maximum Gasteiger partial charge on any atom is 0.249 e. The highest BCUT2D eigenvalue weighted by atomic mass is 79.9. The molecule has 0 saturated carbocycles. The molecule has 0 fully saturated rings. The Bertz CT molecular complexity index is 636. The maximum absolute atomic E-state index is 13.1. The number of oxime groups is 1. The summed E-state index contributed by atoms with van der Waals surface area (Å²) < 4.78 is 18.8. The van der Waals surface area contributed by atoms with Crippen molar-refractivity contribution in [2.24, 2.45) is 10.9 Å². The van der Waals surface area contributed by atoms with E-state index in [4.69, 9.17) is 15.7 Å². The third kappa shape index (κ3) is 2.97. The number of benzene rings is 1. The van der Waals surface area contributed by atoms with Gasteiger partial charge in [0.15, 0.2) is 11.5 Å². The second-order valence-electron chi connectivity index (χ2n) is 3.37. The van der Waals surface area contributed by atoms with Crippen molar-refractivity contribution in [2.75, 3.05) is 0 Å². The minimum Gasteiger partial charge on any atom is -0.437 e. The Morgan fingerprint density at radius 2 is 2.11 bits per heavy atom. The van der Waals surface area contributed by atoms with Crippen molar-refractivity contribution in [3.8, 4) is 11.6 Å². The van der Waals surface area contributed by atoms with Crippen LogP contribution in [-0.2, 0) is 0 Å². The van der Waals surface area contributed by atoms with E-state index in [9.17, 15) is 4.39 Å². The van der Waals surface area contributed by atoms with Gasteiger partial charge in [0, 0.05) is 12.4 Å². The second kappa shape index (κ2) is 5.61. The first kappa shape index (κ1) is 13.2. The SMILES string of the molecule is N/C(=N/O)c1nccnc1Oc1ccc(F)c(Br)c1. The fraction of sp³-hybridized carbons (Fsp3) is 0. The van der Waals surface area contributed by atoms with Crippen molar-refractivity contribution in [2.45, 2.75) is 0 Å². The van der Waals surface area contributed by atoms with Crippen LogP contribution in [0, 0.1) is 5.82 Å². The van der Waals surface area contributed by atoms with Crippen molar-refractivity contribution in [3.05, 3.63) is 46.6 Å². The molecule has 19 heavy (non-hydrogen) atoms. The molecular weight excluding hydrogens is 319 g/mol. The summed E-state index contributed by atoms with van der Waals surface area (Å²) in [4.78, 5) is 7.83. The van der Waals surface area contributed by atoms with Gasteiger partial charge >= 0.3 is 0 Å². The van der Waals surface area contributed by atoms with E-state index in [1.807, 2.05) is 0 Å². The normalized spacial score (nSPS) is 11.4. The standard InChI is InChI=1S/C11H8BrFN4O2/c12-7-5-6(1-2-8(7)13)19-11-9(10(14)17-18)15-3-4-16-11/h1-5,18H,(H2,14,17). The molecule has 1 heterocycles. The maximum atomic E-state index is 13.1. The van der Waals surface area contributed by atoms with Gasteiger partial charge in [-0.1, -0.05) is 5.16 Å². The number of nitrogens with two attached hydrogens (primary N) is 1. The first-order valence-electron chi connectivity index (χ1n) is 5.03. The zero-order chi connectivity index (χ0) is 13.8. The molecule has 1 aromatic heterocycles. The molecule has 3 N–H and O–H groups in total. The van der Waals surface area contributed by atoms with E-state index in [0.717, 1.165) is 0 Å². The van der Waals surface area contributed by atoms with Crippen molar-refractivity contribution in [1.29, 1.82) is 0 Å². The van der Waals surface area contributed by atoms with Crippen LogP contribution >= 0.6 is 15.9 Å². The summed E-state index contributed by atoms with van der Waals surface area (Å²) in [7, 11) is 0. The fourth-order valence-electron chi connectivity index (χ4n) is 1.27. The van der Waals surface area contributed by atoms with Gasteiger partial charge in [-0.15, -0.1) is 0 Å². The van der Waals surface area contributed by atoms with E-state index < -0.39 is 5.82 Å². The predicted molar refractivity (Wildman–Crippen MR) is 68.7 cm³/mol. The van der Waals surface area contributed by atoms with Crippen molar-refractivity contribution >= 4 is 21.8 Å². The Morgan fingerprint density at radius 1 is 1.37 bits per heavy atom. The molecule has 0 atom stereocenters. The van der Waals surface area contributed by atoms with Gasteiger partial charge in [0.2, 0.25) is 5.88 Å². The van der Waals surface area contributed by atoms with Gasteiger partial charge in [-0.25, -0.2) is 14.4 Å². The van der Waals surface area contributed by atoms with E-state index in [1.54, 1.807) is 0 Å². The summed E-state index contributed by atoms with van der Waals surface area (Å²) in [5.41, 5.74) is 5.54. The average molecular weight is 327 g/mol. The molecule has 2 aromatic rings. The Labute approximate surface area is 115 Å². The molecule has 2 rings (SSSR count). The van der Waals surface area contributed by atoms with E-state index in [2.05, 4.69) is 31.1 Å². The number of ether oxygens (including phenoxy) is 1. The van der Waals surface area contributed by atoms with Gasteiger partial charge in [0.05, 0.1) is 4.47 Å². The van der Waals surface area contributed by atoms with Crippen LogP contribution in [0.4, 0.5) is 4.39 Å². The van der Waals surface area contributed by atoms with E-state index >= 15 is 0 Å². The molecule has 0 unspecified atom stereocenters. The Balaban J connectivity index is 2.35. The number of aromatic nitrogens is 2. The monoisotopic (exact) mass is 326 g/mol. The Hall–Kier alpha value is -2.22. The largest absolute Gasteiger partial charge is 0.437 e. The summed E-state index contributed by atoms with van der Waals surface area (Å²) in [5, 5.41) is 11.5. The van der Waals surface area contributed by atoms with Gasteiger partial charge in [0.1, 0.15) is 11.6 Å². The fourth-order valence-corrected chi connectivity index (χ4v) is 1.63. The lowest BCUT2D eigenvalue weighted by Crippen LogP contribution is -2.16. The van der Waals surface area contributed by atoms with Gasteiger partial charge in [-0.3, -0.25) is 0 Å². The molecule has 0 spiro atoms. The second-order valence-corrected chi connectivity index (χ2v) is 4.23. The summed E-state index contributed by atoms with van der Waals surface area (Å²) >= 11 is 3.04. The molecule has 0 aliphatic rings. The summed E-state index contributed by atoms with van der Waals surface area (Å²) in [5.74, 6) is -0.260. The van der Waals surface area contributed by atoms with Crippen LogP contribution < -0.4 is 10.5 Å². The highest BCUT2D eigenvalue weighted by molar-refractivity contribution is 9.10. The molecule has 0 aliphatic carbocycles. The molecule has 0 amide bonds. The van der Waals surface area contributed by atoms with Gasteiger partial charge in [-0.2, -0.15) is 0 Å². The molecule has 98 valence electrons. The van der Waals surface area contributed by atoms with Crippen LogP contribution in [0.25, 0.3) is 0 Å². The minimum atomic E-state index is -0.414. The van der Waals surface area contributed by atoms with Crippen LogP contribution in [0.15, 0.2) is 40.2 Å². The topological polar surface area (TPSA) is 93.6 Å². The average Bonchev–Trinajstić information content (AvgIpc) is 2.43. The first-order valence-corrected chi connectivity index (χ1v) is 5.83. The quantitative estimate of drug-likeness (QED) is 0.390. The summed E-state index contributed by atoms with van der Waals surface area (Å²) in [6.07, 6.45) is 2.77. The molecule has 0 bridgehead atoms. The number of hydrogen-bond acceptors (Lipinski definition) is 5. The van der Waals surface area contributed by atoms with Crippen LogP contribution in [0.3, 0.4) is 0 Å². The van der Waals surface area contributed by atoms with Crippen LogP contribution in [0.1, 0.15) is 5.69 Å². The number of nitrogens with zero attached hydrogens (tertiary/aromatic N) is 3. The van der Waals surface area contributed by atoms with Crippen LogP contribution in [0.5, 0.6) is 11.6 Å². The number of halogens is 2. The van der Waals surface area contributed by atoms with E-state index in [-0.39, 0.29) is 21.9 Å². The lowest BCUT2D eigenvalue weighted by atomic mass is 10.3. The molecule has 6 nitrogen and oxygen atoms in total. The smallest absolute Gasteiger partial charge is 0.249 e. The highest BCUT2D eigenvalue weighted by Crippen LogP contribution is 2.26. The van der Waals surface area contributed by atoms with Gasteiger partial charge < -0.3 is 15.7 Å². The lowest BCUT2D eigenvalue weighted by Gasteiger charge is -2.08. The Morgan fingerprint density at radius 3 is 2.79 bits per heavy atom. The summed E-state index contributed by atoms with van der Waals surface area (Å²) in [6, 6.07) is 4.09. The molecule has 0 aliphatic heterocycles. The predicted octanol–water partition coefficient (Wildman–Crippen LogP) is 2.26. The third-order valence-electron chi connectivity index (χ3n) is 2.12. The van der Waals surface area contributed by atoms with Crippen molar-refractivity contribution < 1.29 is 14.3 Å². The van der Waals surface area contributed by atoms with E-state index in [0.29, 0.717) is 5.75 Å². The summed E-state index contributed by atoms with van der Waals surface area (Å²) in [6.45, 7) is 0. The number of hydrogen-bond donors (Lipinski definition) is 2. The highest BCUT2D eigenvalue weighted by Gasteiger charge is 2.12.